The maximum absolute atomic E-state index is 12.8. The Morgan fingerprint density at radius 3 is 2.79 bits per heavy atom. The smallest absolute Gasteiger partial charge is 0.234 e. The van der Waals surface area contributed by atoms with E-state index in [0.29, 0.717) is 6.54 Å². The molecular weight excluding hydrogens is 245 g/mol. The first-order chi connectivity index (χ1) is 9.04. The van der Waals surface area contributed by atoms with Crippen molar-refractivity contribution in [2.45, 2.75) is 25.4 Å². The second kappa shape index (κ2) is 6.12. The highest BCUT2D eigenvalue weighted by Crippen LogP contribution is 2.13. The Bertz CT molecular complexity index is 435. The summed E-state index contributed by atoms with van der Waals surface area (Å²) in [5, 5.41) is 2.91. The minimum absolute atomic E-state index is 0.0223. The Balaban J connectivity index is 1.83. The van der Waals surface area contributed by atoms with E-state index in [1.165, 1.54) is 12.1 Å². The number of carbonyl (C=O) groups excluding carboxylic acids is 1. The monoisotopic (exact) mass is 265 g/mol. The molecule has 2 rings (SSSR count). The largest absolute Gasteiger partial charge is 0.348 e. The first kappa shape index (κ1) is 14.0. The third kappa shape index (κ3) is 4.01. The van der Waals surface area contributed by atoms with Crippen LogP contribution < -0.4 is 11.1 Å². The molecule has 1 fully saturated rings. The molecule has 1 aliphatic heterocycles. The van der Waals surface area contributed by atoms with E-state index >= 15 is 0 Å². The topological polar surface area (TPSA) is 58.4 Å². The second-order valence-electron chi connectivity index (χ2n) is 5.12. The van der Waals surface area contributed by atoms with Crippen LogP contribution >= 0.6 is 0 Å². The summed E-state index contributed by atoms with van der Waals surface area (Å²) in [6, 6.07) is 6.24. The van der Waals surface area contributed by atoms with Crippen molar-refractivity contribution in [2.75, 3.05) is 19.6 Å². The van der Waals surface area contributed by atoms with Crippen LogP contribution in [0.1, 0.15) is 24.9 Å². The lowest BCUT2D eigenvalue weighted by molar-refractivity contribution is -0.122. The van der Waals surface area contributed by atoms with Crippen molar-refractivity contribution in [3.05, 3.63) is 35.6 Å². The van der Waals surface area contributed by atoms with E-state index in [9.17, 15) is 9.18 Å². The fourth-order valence-electron chi connectivity index (χ4n) is 2.33. The summed E-state index contributed by atoms with van der Waals surface area (Å²) >= 11 is 0. The molecule has 2 atom stereocenters. The number of hydrogen-bond donors (Lipinski definition) is 2. The molecule has 1 amide bonds. The van der Waals surface area contributed by atoms with E-state index in [-0.39, 0.29) is 23.8 Å². The first-order valence-corrected chi connectivity index (χ1v) is 6.57. The fourth-order valence-corrected chi connectivity index (χ4v) is 2.33. The van der Waals surface area contributed by atoms with Gasteiger partial charge in [0.15, 0.2) is 0 Å². The molecule has 5 heteroatoms. The number of halogens is 1. The summed E-state index contributed by atoms with van der Waals surface area (Å²) in [5.74, 6) is -0.292. The molecule has 0 radical (unpaired) electrons. The van der Waals surface area contributed by atoms with Crippen molar-refractivity contribution in [3.8, 4) is 0 Å². The predicted octanol–water partition coefficient (Wildman–Crippen LogP) is 1.04. The van der Waals surface area contributed by atoms with E-state index in [1.807, 2.05) is 6.92 Å². The van der Waals surface area contributed by atoms with Crippen LogP contribution in [0.2, 0.25) is 0 Å². The number of nitrogens with zero attached hydrogens (tertiary/aromatic N) is 1. The average Bonchev–Trinajstić information content (AvgIpc) is 2.75. The second-order valence-corrected chi connectivity index (χ2v) is 5.12. The van der Waals surface area contributed by atoms with Gasteiger partial charge in [-0.05, 0) is 31.0 Å². The zero-order chi connectivity index (χ0) is 13.8. The molecule has 0 aliphatic carbocycles. The molecule has 3 N–H and O–H groups in total. The molecule has 0 bridgehead atoms. The van der Waals surface area contributed by atoms with Gasteiger partial charge < -0.3 is 11.1 Å². The van der Waals surface area contributed by atoms with E-state index < -0.39 is 0 Å². The number of amides is 1. The average molecular weight is 265 g/mol. The molecule has 1 aromatic carbocycles. The molecule has 4 nitrogen and oxygen atoms in total. The quantitative estimate of drug-likeness (QED) is 0.855. The summed E-state index contributed by atoms with van der Waals surface area (Å²) in [6.07, 6.45) is 0.945. The van der Waals surface area contributed by atoms with E-state index in [1.54, 1.807) is 12.1 Å². The summed E-state index contributed by atoms with van der Waals surface area (Å²) in [7, 11) is 0. The molecule has 1 unspecified atom stereocenters. The van der Waals surface area contributed by atoms with Gasteiger partial charge in [0, 0.05) is 19.1 Å². The van der Waals surface area contributed by atoms with E-state index in [4.69, 9.17) is 5.73 Å². The Labute approximate surface area is 112 Å². The number of rotatable bonds is 4. The van der Waals surface area contributed by atoms with Crippen LogP contribution in [0.25, 0.3) is 0 Å². The Morgan fingerprint density at radius 1 is 1.53 bits per heavy atom. The van der Waals surface area contributed by atoms with Gasteiger partial charge >= 0.3 is 0 Å². The molecule has 1 saturated heterocycles. The highest BCUT2D eigenvalue weighted by molar-refractivity contribution is 5.78. The fraction of sp³-hybridized carbons (Fsp3) is 0.500. The van der Waals surface area contributed by atoms with Crippen LogP contribution in [-0.4, -0.2) is 36.5 Å². The Kier molecular flexibility index (Phi) is 4.50. The third-order valence-corrected chi connectivity index (χ3v) is 3.42. The zero-order valence-corrected chi connectivity index (χ0v) is 11.1. The number of carbonyl (C=O) groups is 1. The Hall–Kier alpha value is -1.46. The van der Waals surface area contributed by atoms with Crippen LogP contribution in [0.4, 0.5) is 4.39 Å². The third-order valence-electron chi connectivity index (χ3n) is 3.42. The summed E-state index contributed by atoms with van der Waals surface area (Å²) in [6.45, 7) is 3.91. The Morgan fingerprint density at radius 2 is 2.21 bits per heavy atom. The molecule has 0 aromatic heterocycles. The van der Waals surface area contributed by atoms with Crippen molar-refractivity contribution >= 4 is 5.91 Å². The summed E-state index contributed by atoms with van der Waals surface area (Å²) < 4.78 is 12.8. The SMILES string of the molecule is CC(NC(=O)CN1CC[C@@H](N)C1)c1ccc(F)cc1. The lowest BCUT2D eigenvalue weighted by Crippen LogP contribution is -2.38. The van der Waals surface area contributed by atoms with Crippen molar-refractivity contribution in [2.24, 2.45) is 5.73 Å². The zero-order valence-electron chi connectivity index (χ0n) is 11.1. The van der Waals surface area contributed by atoms with E-state index in [2.05, 4.69) is 10.2 Å². The van der Waals surface area contributed by atoms with Crippen molar-refractivity contribution in [1.29, 1.82) is 0 Å². The summed E-state index contributed by atoms with van der Waals surface area (Å²) in [5.41, 5.74) is 6.69. The van der Waals surface area contributed by atoms with Gasteiger partial charge in [0.25, 0.3) is 0 Å². The molecule has 1 aromatic rings. The standard InChI is InChI=1S/C14H20FN3O/c1-10(11-2-4-12(15)5-3-11)17-14(19)9-18-7-6-13(16)8-18/h2-5,10,13H,6-9,16H2,1H3,(H,17,19)/t10?,13-/m1/s1. The van der Waals surface area contributed by atoms with Gasteiger partial charge in [-0.2, -0.15) is 0 Å². The maximum atomic E-state index is 12.8. The molecule has 0 saturated carbocycles. The minimum Gasteiger partial charge on any atom is -0.348 e. The molecular formula is C14H20FN3O. The van der Waals surface area contributed by atoms with Crippen LogP contribution in [0.3, 0.4) is 0 Å². The molecule has 1 heterocycles. The van der Waals surface area contributed by atoms with Crippen LogP contribution in [-0.2, 0) is 4.79 Å². The van der Waals surface area contributed by atoms with Crippen molar-refractivity contribution < 1.29 is 9.18 Å². The van der Waals surface area contributed by atoms with Crippen LogP contribution in [0.15, 0.2) is 24.3 Å². The predicted molar refractivity (Wildman–Crippen MR) is 72.0 cm³/mol. The van der Waals surface area contributed by atoms with E-state index in [0.717, 1.165) is 25.1 Å². The van der Waals surface area contributed by atoms with Gasteiger partial charge in [-0.1, -0.05) is 12.1 Å². The highest BCUT2D eigenvalue weighted by atomic mass is 19.1. The van der Waals surface area contributed by atoms with Crippen LogP contribution in [0.5, 0.6) is 0 Å². The van der Waals surface area contributed by atoms with Gasteiger partial charge in [0.2, 0.25) is 5.91 Å². The van der Waals surface area contributed by atoms with Crippen molar-refractivity contribution in [3.63, 3.8) is 0 Å². The van der Waals surface area contributed by atoms with Crippen LogP contribution in [0, 0.1) is 5.82 Å². The molecule has 19 heavy (non-hydrogen) atoms. The number of hydrogen-bond acceptors (Lipinski definition) is 3. The number of likely N-dealkylation sites (tertiary alicyclic amines) is 1. The molecule has 0 spiro atoms. The molecule has 1 aliphatic rings. The van der Waals surface area contributed by atoms with Gasteiger partial charge in [0.05, 0.1) is 12.6 Å². The first-order valence-electron chi connectivity index (χ1n) is 6.57. The summed E-state index contributed by atoms with van der Waals surface area (Å²) in [4.78, 5) is 13.9. The minimum atomic E-state index is -0.270. The number of nitrogens with two attached hydrogens (primary N) is 1. The van der Waals surface area contributed by atoms with Crippen molar-refractivity contribution in [1.82, 2.24) is 10.2 Å². The van der Waals surface area contributed by atoms with Gasteiger partial charge in [-0.15, -0.1) is 0 Å². The van der Waals surface area contributed by atoms with Gasteiger partial charge in [0.1, 0.15) is 5.82 Å². The number of benzene rings is 1. The molecule has 104 valence electrons. The number of nitrogens with one attached hydrogen (secondary N) is 1. The lowest BCUT2D eigenvalue weighted by atomic mass is 10.1. The maximum Gasteiger partial charge on any atom is 0.234 e. The highest BCUT2D eigenvalue weighted by Gasteiger charge is 2.21. The van der Waals surface area contributed by atoms with Gasteiger partial charge in [-0.25, -0.2) is 4.39 Å². The lowest BCUT2D eigenvalue weighted by Gasteiger charge is -2.18. The normalized spacial score (nSPS) is 21.3. The van der Waals surface area contributed by atoms with Gasteiger partial charge in [-0.3, -0.25) is 9.69 Å².